The molecule has 0 aliphatic rings. The fourth-order valence-electron chi connectivity index (χ4n) is 0.886. The number of carbonyl (C=O) groups excluding carboxylic acids is 1. The summed E-state index contributed by atoms with van der Waals surface area (Å²) in [6.45, 7) is 3.31. The Morgan fingerprint density at radius 1 is 1.43 bits per heavy atom. The van der Waals surface area contributed by atoms with Crippen LogP contribution in [0.15, 0.2) is 29.4 Å². The third kappa shape index (κ3) is 2.85. The van der Waals surface area contributed by atoms with E-state index in [1.165, 1.54) is 6.92 Å². The Hall–Kier alpha value is -1.35. The largest absolute Gasteiger partial charge is 0.292 e. The van der Waals surface area contributed by atoms with Crippen LogP contribution >= 0.6 is 11.6 Å². The number of Topliss-reactive ketones (excluding diaryl/α,β-unsaturated/α-hetero) is 1. The number of benzene rings is 1. The summed E-state index contributed by atoms with van der Waals surface area (Å²) < 4.78 is 0. The lowest BCUT2D eigenvalue weighted by Gasteiger charge is -2.03. The van der Waals surface area contributed by atoms with Crippen molar-refractivity contribution in [3.63, 3.8) is 0 Å². The molecule has 0 amide bonds. The summed E-state index contributed by atoms with van der Waals surface area (Å²) in [4.78, 5) is 10.7. The highest BCUT2D eigenvalue weighted by molar-refractivity contribution is 6.82. The van der Waals surface area contributed by atoms with E-state index in [4.69, 9.17) is 11.6 Å². The molecule has 0 fully saturated rings. The fraction of sp³-hybridized carbons (Fsp3) is 0.200. The lowest BCUT2D eigenvalue weighted by atomic mass is 10.2. The van der Waals surface area contributed by atoms with Crippen LogP contribution < -0.4 is 5.43 Å². The molecule has 0 radical (unpaired) electrons. The monoisotopic (exact) mass is 210 g/mol. The highest BCUT2D eigenvalue weighted by Gasteiger charge is 2.00. The molecule has 0 bridgehead atoms. The average Bonchev–Trinajstić information content (AvgIpc) is 2.16. The first-order chi connectivity index (χ1) is 6.61. The van der Waals surface area contributed by atoms with Crippen LogP contribution in [0.1, 0.15) is 12.5 Å². The highest BCUT2D eigenvalue weighted by atomic mass is 35.5. The number of para-hydroxylation sites is 1. The van der Waals surface area contributed by atoms with Gasteiger partial charge in [0.05, 0.1) is 5.69 Å². The smallest absolute Gasteiger partial charge is 0.191 e. The normalized spacial score (nSPS) is 11.2. The molecule has 0 unspecified atom stereocenters. The first-order valence-corrected chi connectivity index (χ1v) is 4.55. The molecule has 14 heavy (non-hydrogen) atoms. The lowest BCUT2D eigenvalue weighted by Crippen LogP contribution is -2.04. The summed E-state index contributed by atoms with van der Waals surface area (Å²) in [5.74, 6) is -0.257. The molecule has 1 N–H and O–H groups in total. The maximum atomic E-state index is 10.7. The third-order valence-corrected chi connectivity index (χ3v) is 2.06. The number of anilines is 1. The molecule has 1 aromatic rings. The molecule has 0 spiro atoms. The summed E-state index contributed by atoms with van der Waals surface area (Å²) in [5, 5.41) is 3.69. The molecule has 4 heteroatoms. The Morgan fingerprint density at radius 2 is 2.07 bits per heavy atom. The second-order valence-corrected chi connectivity index (χ2v) is 3.24. The van der Waals surface area contributed by atoms with Gasteiger partial charge in [-0.15, -0.1) is 0 Å². The summed E-state index contributed by atoms with van der Waals surface area (Å²) in [7, 11) is 0. The molecule has 1 aromatic carbocycles. The van der Waals surface area contributed by atoms with Crippen LogP contribution in [0.4, 0.5) is 5.69 Å². The van der Waals surface area contributed by atoms with Gasteiger partial charge in [-0.05, 0) is 18.6 Å². The summed E-state index contributed by atoms with van der Waals surface area (Å²) >= 11 is 5.56. The number of nitrogens with one attached hydrogen (secondary N) is 1. The van der Waals surface area contributed by atoms with E-state index < -0.39 is 0 Å². The highest BCUT2D eigenvalue weighted by Crippen LogP contribution is 2.12. The zero-order chi connectivity index (χ0) is 10.6. The first kappa shape index (κ1) is 10.7. The van der Waals surface area contributed by atoms with E-state index in [0.29, 0.717) is 0 Å². The first-order valence-electron chi connectivity index (χ1n) is 4.17. The number of nitrogens with zero attached hydrogens (tertiary/aromatic N) is 1. The van der Waals surface area contributed by atoms with Gasteiger partial charge in [0.25, 0.3) is 0 Å². The van der Waals surface area contributed by atoms with Gasteiger partial charge in [-0.3, -0.25) is 10.2 Å². The van der Waals surface area contributed by atoms with Crippen LogP contribution in [0.5, 0.6) is 0 Å². The van der Waals surface area contributed by atoms with Crippen LogP contribution in [-0.4, -0.2) is 11.0 Å². The number of rotatable bonds is 3. The van der Waals surface area contributed by atoms with Gasteiger partial charge in [0.2, 0.25) is 0 Å². The molecule has 0 aliphatic carbocycles. The Kier molecular flexibility index (Phi) is 3.65. The number of hydrogen-bond donors (Lipinski definition) is 1. The average molecular weight is 211 g/mol. The van der Waals surface area contributed by atoms with E-state index in [-0.39, 0.29) is 11.0 Å². The van der Waals surface area contributed by atoms with Gasteiger partial charge in [-0.2, -0.15) is 5.10 Å². The summed E-state index contributed by atoms with van der Waals surface area (Å²) in [6.07, 6.45) is 0. The Morgan fingerprint density at radius 3 is 2.64 bits per heavy atom. The van der Waals surface area contributed by atoms with Crippen molar-refractivity contribution in [1.82, 2.24) is 0 Å². The van der Waals surface area contributed by atoms with Crippen molar-refractivity contribution in [3.05, 3.63) is 29.8 Å². The predicted octanol–water partition coefficient (Wildman–Crippen LogP) is 2.55. The van der Waals surface area contributed by atoms with Gasteiger partial charge in [-0.25, -0.2) is 0 Å². The minimum absolute atomic E-state index is 0.0479. The van der Waals surface area contributed by atoms with Crippen molar-refractivity contribution in [1.29, 1.82) is 0 Å². The fourth-order valence-corrected chi connectivity index (χ4v) is 0.929. The molecule has 1 rings (SSSR count). The van der Waals surface area contributed by atoms with Crippen LogP contribution in [0.2, 0.25) is 0 Å². The number of hydrazone groups is 1. The molecule has 0 atom stereocenters. The summed E-state index contributed by atoms with van der Waals surface area (Å²) in [5.41, 5.74) is 4.61. The third-order valence-electron chi connectivity index (χ3n) is 1.71. The second kappa shape index (κ2) is 4.77. The van der Waals surface area contributed by atoms with E-state index in [1.807, 2.05) is 31.2 Å². The summed E-state index contributed by atoms with van der Waals surface area (Å²) in [6, 6.07) is 7.62. The number of carbonyl (C=O) groups is 1. The van der Waals surface area contributed by atoms with Crippen molar-refractivity contribution in [2.45, 2.75) is 13.8 Å². The Bertz CT molecular complexity index is 374. The Balaban J connectivity index is 2.76. The van der Waals surface area contributed by atoms with Gasteiger partial charge >= 0.3 is 0 Å². The molecular formula is C10H11ClN2O. The van der Waals surface area contributed by atoms with Gasteiger partial charge in [0, 0.05) is 6.92 Å². The van der Waals surface area contributed by atoms with E-state index >= 15 is 0 Å². The van der Waals surface area contributed by atoms with Crippen molar-refractivity contribution in [2.24, 2.45) is 5.10 Å². The standard InChI is InChI=1S/C10H11ClN2O/c1-7-5-3-4-6-9(7)12-13-10(11)8(2)14/h3-6,12H,1-2H3/b13-10+. The number of hydrogen-bond acceptors (Lipinski definition) is 3. The molecule has 0 aromatic heterocycles. The topological polar surface area (TPSA) is 41.5 Å². The van der Waals surface area contributed by atoms with Crippen LogP contribution in [0.25, 0.3) is 0 Å². The Labute approximate surface area is 87.8 Å². The maximum Gasteiger partial charge on any atom is 0.191 e. The lowest BCUT2D eigenvalue weighted by molar-refractivity contribution is -0.110. The van der Waals surface area contributed by atoms with Crippen molar-refractivity contribution in [2.75, 3.05) is 5.43 Å². The van der Waals surface area contributed by atoms with Gasteiger partial charge in [0.15, 0.2) is 11.0 Å². The van der Waals surface area contributed by atoms with Crippen molar-refractivity contribution >= 4 is 28.2 Å². The zero-order valence-corrected chi connectivity index (χ0v) is 8.80. The SMILES string of the molecule is CC(=O)/C(Cl)=N\Nc1ccccc1C. The van der Waals surface area contributed by atoms with Gasteiger partial charge < -0.3 is 0 Å². The van der Waals surface area contributed by atoms with Gasteiger partial charge in [-0.1, -0.05) is 29.8 Å². The van der Waals surface area contributed by atoms with E-state index in [9.17, 15) is 4.79 Å². The van der Waals surface area contributed by atoms with Crippen molar-refractivity contribution in [3.8, 4) is 0 Å². The van der Waals surface area contributed by atoms with Crippen molar-refractivity contribution < 1.29 is 4.79 Å². The molecule has 0 aliphatic heterocycles. The molecule has 0 saturated carbocycles. The quantitative estimate of drug-likeness (QED) is 0.615. The number of aryl methyl sites for hydroxylation is 1. The van der Waals surface area contributed by atoms with E-state index in [2.05, 4.69) is 10.5 Å². The minimum atomic E-state index is -0.257. The van der Waals surface area contributed by atoms with Crippen LogP contribution in [0, 0.1) is 6.92 Å². The predicted molar refractivity (Wildman–Crippen MR) is 58.8 cm³/mol. The molecule has 0 saturated heterocycles. The maximum absolute atomic E-state index is 10.7. The number of ketones is 1. The minimum Gasteiger partial charge on any atom is -0.292 e. The van der Waals surface area contributed by atoms with E-state index in [0.717, 1.165) is 11.3 Å². The zero-order valence-electron chi connectivity index (χ0n) is 8.04. The molecule has 0 heterocycles. The van der Waals surface area contributed by atoms with E-state index in [1.54, 1.807) is 0 Å². The van der Waals surface area contributed by atoms with Crippen LogP contribution in [0.3, 0.4) is 0 Å². The number of halogens is 1. The molecular weight excluding hydrogens is 200 g/mol. The van der Waals surface area contributed by atoms with Gasteiger partial charge in [0.1, 0.15) is 0 Å². The molecule has 74 valence electrons. The second-order valence-electron chi connectivity index (χ2n) is 2.89. The van der Waals surface area contributed by atoms with Crippen LogP contribution in [-0.2, 0) is 4.79 Å². The molecule has 3 nitrogen and oxygen atoms in total.